The second-order valence-corrected chi connectivity index (χ2v) is 9.74. The highest BCUT2D eigenvalue weighted by Crippen LogP contribution is 2.34. The lowest BCUT2D eigenvalue weighted by Gasteiger charge is -2.24. The molecule has 1 aromatic heterocycles. The Balaban J connectivity index is 1.58. The fourth-order valence-electron chi connectivity index (χ4n) is 4.03. The summed E-state index contributed by atoms with van der Waals surface area (Å²) in [5.74, 6) is 0.0578. The first-order chi connectivity index (χ1) is 16.5. The van der Waals surface area contributed by atoms with Gasteiger partial charge in [-0.1, -0.05) is 91.4 Å². The minimum absolute atomic E-state index is 0.0578. The van der Waals surface area contributed by atoms with Gasteiger partial charge in [-0.25, -0.2) is 4.98 Å². The summed E-state index contributed by atoms with van der Waals surface area (Å²) in [5, 5.41) is 1.43. The standard InChI is InChI=1S/C28H30ClN3OS/c1-4-31(5-2)17-18-32(28-30-27-20(3)24(29)15-16-25(27)34-28)26(33)19-21-11-13-23(14-12-21)22-9-7-6-8-10-22/h6-16H,4-5,17-19H2,1-3H3. The topological polar surface area (TPSA) is 36.4 Å². The van der Waals surface area contributed by atoms with E-state index in [9.17, 15) is 4.79 Å². The lowest BCUT2D eigenvalue weighted by atomic mass is 10.0. The lowest BCUT2D eigenvalue weighted by Crippen LogP contribution is -2.39. The molecule has 0 aliphatic heterocycles. The van der Waals surface area contributed by atoms with Crippen LogP contribution in [0.3, 0.4) is 0 Å². The maximum Gasteiger partial charge on any atom is 0.233 e. The van der Waals surface area contributed by atoms with Crippen LogP contribution in [0.5, 0.6) is 0 Å². The van der Waals surface area contributed by atoms with Gasteiger partial charge in [0.1, 0.15) is 0 Å². The van der Waals surface area contributed by atoms with E-state index in [2.05, 4.69) is 43.0 Å². The number of carbonyl (C=O) groups is 1. The largest absolute Gasteiger partial charge is 0.302 e. The molecule has 176 valence electrons. The van der Waals surface area contributed by atoms with Crippen molar-refractivity contribution in [1.82, 2.24) is 9.88 Å². The minimum atomic E-state index is 0.0578. The summed E-state index contributed by atoms with van der Waals surface area (Å²) in [7, 11) is 0. The van der Waals surface area contributed by atoms with Crippen LogP contribution < -0.4 is 4.90 Å². The number of aryl methyl sites for hydroxylation is 1. The Morgan fingerprint density at radius 1 is 0.912 bits per heavy atom. The number of hydrogen-bond acceptors (Lipinski definition) is 4. The first-order valence-corrected chi connectivity index (χ1v) is 12.9. The van der Waals surface area contributed by atoms with Gasteiger partial charge < -0.3 is 4.90 Å². The SMILES string of the molecule is CCN(CC)CCN(C(=O)Cc1ccc(-c2ccccc2)cc1)c1nc2c(C)c(Cl)ccc2s1. The van der Waals surface area contributed by atoms with E-state index >= 15 is 0 Å². The number of amides is 1. The Bertz CT molecular complexity index is 1250. The third-order valence-electron chi connectivity index (χ3n) is 6.22. The fourth-order valence-corrected chi connectivity index (χ4v) is 5.25. The highest BCUT2D eigenvalue weighted by molar-refractivity contribution is 7.22. The molecule has 0 aliphatic rings. The summed E-state index contributed by atoms with van der Waals surface area (Å²) in [4.78, 5) is 22.5. The second kappa shape index (κ2) is 11.1. The van der Waals surface area contributed by atoms with E-state index in [-0.39, 0.29) is 5.91 Å². The summed E-state index contributed by atoms with van der Waals surface area (Å²) >= 11 is 7.87. The molecule has 1 amide bonds. The number of anilines is 1. The monoisotopic (exact) mass is 491 g/mol. The number of halogens is 1. The molecule has 0 saturated carbocycles. The van der Waals surface area contributed by atoms with Gasteiger partial charge in [0.2, 0.25) is 5.91 Å². The van der Waals surface area contributed by atoms with Crippen LogP contribution in [-0.2, 0) is 11.2 Å². The Morgan fingerprint density at radius 2 is 1.59 bits per heavy atom. The molecular weight excluding hydrogens is 462 g/mol. The molecule has 0 N–H and O–H groups in total. The summed E-state index contributed by atoms with van der Waals surface area (Å²) in [6.45, 7) is 9.59. The number of aromatic nitrogens is 1. The Kier molecular flexibility index (Phi) is 7.99. The van der Waals surface area contributed by atoms with Crippen LogP contribution in [0.1, 0.15) is 25.0 Å². The average molecular weight is 492 g/mol. The molecule has 0 aliphatic carbocycles. The zero-order valence-corrected chi connectivity index (χ0v) is 21.5. The van der Waals surface area contributed by atoms with Gasteiger partial charge >= 0.3 is 0 Å². The van der Waals surface area contributed by atoms with Gasteiger partial charge in [-0.05, 0) is 54.4 Å². The molecule has 3 aromatic carbocycles. The molecular formula is C28H30ClN3OS. The van der Waals surface area contributed by atoms with Crippen LogP contribution in [0, 0.1) is 6.92 Å². The first-order valence-electron chi connectivity index (χ1n) is 11.7. The van der Waals surface area contributed by atoms with E-state index in [4.69, 9.17) is 16.6 Å². The number of fused-ring (bicyclic) bond motifs is 1. The molecule has 0 radical (unpaired) electrons. The van der Waals surface area contributed by atoms with Crippen LogP contribution in [0.4, 0.5) is 5.13 Å². The van der Waals surface area contributed by atoms with E-state index in [1.165, 1.54) is 5.56 Å². The predicted molar refractivity (Wildman–Crippen MR) is 145 cm³/mol. The van der Waals surface area contributed by atoms with Crippen LogP contribution in [0.25, 0.3) is 21.3 Å². The second-order valence-electron chi connectivity index (χ2n) is 8.33. The van der Waals surface area contributed by atoms with Crippen molar-refractivity contribution in [1.29, 1.82) is 0 Å². The lowest BCUT2D eigenvalue weighted by molar-refractivity contribution is -0.118. The molecule has 4 aromatic rings. The van der Waals surface area contributed by atoms with Crippen molar-refractivity contribution in [3.63, 3.8) is 0 Å². The summed E-state index contributed by atoms with van der Waals surface area (Å²) in [5.41, 5.74) is 5.14. The number of nitrogens with zero attached hydrogens (tertiary/aromatic N) is 3. The number of thiazole rings is 1. The first kappa shape index (κ1) is 24.4. The van der Waals surface area contributed by atoms with Gasteiger partial charge in [0.05, 0.1) is 16.6 Å². The number of likely N-dealkylation sites (N-methyl/N-ethyl adjacent to an activating group) is 1. The quantitative estimate of drug-likeness (QED) is 0.257. The van der Waals surface area contributed by atoms with Crippen molar-refractivity contribution in [3.8, 4) is 11.1 Å². The number of hydrogen-bond donors (Lipinski definition) is 0. The van der Waals surface area contributed by atoms with Gasteiger partial charge in [0.25, 0.3) is 0 Å². The maximum atomic E-state index is 13.5. The molecule has 4 rings (SSSR count). The predicted octanol–water partition coefficient (Wildman–Crippen LogP) is 6.84. The maximum absolute atomic E-state index is 13.5. The Labute approximate surface area is 210 Å². The van der Waals surface area contributed by atoms with Crippen molar-refractivity contribution in [2.24, 2.45) is 0 Å². The smallest absolute Gasteiger partial charge is 0.233 e. The van der Waals surface area contributed by atoms with Gasteiger partial charge in [0.15, 0.2) is 5.13 Å². The van der Waals surface area contributed by atoms with Crippen molar-refractivity contribution in [2.75, 3.05) is 31.1 Å². The van der Waals surface area contributed by atoms with Gasteiger partial charge in [-0.2, -0.15) is 0 Å². The third kappa shape index (κ3) is 5.49. The fraction of sp³-hybridized carbons (Fsp3) is 0.286. The summed E-state index contributed by atoms with van der Waals surface area (Å²) in [6.07, 6.45) is 0.336. The van der Waals surface area contributed by atoms with Gasteiger partial charge in [0, 0.05) is 18.1 Å². The minimum Gasteiger partial charge on any atom is -0.302 e. The van der Waals surface area contributed by atoms with Crippen molar-refractivity contribution in [2.45, 2.75) is 27.2 Å². The van der Waals surface area contributed by atoms with Crippen LogP contribution in [0.2, 0.25) is 5.02 Å². The molecule has 6 heteroatoms. The molecule has 1 heterocycles. The van der Waals surface area contributed by atoms with Crippen LogP contribution in [0.15, 0.2) is 66.7 Å². The molecule has 0 spiro atoms. The van der Waals surface area contributed by atoms with E-state index in [1.807, 2.05) is 54.3 Å². The molecule has 0 saturated heterocycles. The van der Waals surface area contributed by atoms with Crippen molar-refractivity contribution in [3.05, 3.63) is 82.9 Å². The molecule has 0 atom stereocenters. The number of benzene rings is 3. The normalized spacial score (nSPS) is 11.3. The molecule has 0 bridgehead atoms. The zero-order valence-electron chi connectivity index (χ0n) is 19.9. The van der Waals surface area contributed by atoms with E-state index < -0.39 is 0 Å². The van der Waals surface area contributed by atoms with Crippen molar-refractivity contribution < 1.29 is 4.79 Å². The van der Waals surface area contributed by atoms with Gasteiger partial charge in [-0.15, -0.1) is 0 Å². The highest BCUT2D eigenvalue weighted by atomic mass is 35.5. The molecule has 34 heavy (non-hydrogen) atoms. The highest BCUT2D eigenvalue weighted by Gasteiger charge is 2.21. The van der Waals surface area contributed by atoms with Crippen LogP contribution >= 0.6 is 22.9 Å². The molecule has 0 unspecified atom stereocenters. The summed E-state index contributed by atoms with van der Waals surface area (Å²) < 4.78 is 1.05. The zero-order chi connectivity index (χ0) is 24.1. The molecule has 0 fully saturated rings. The van der Waals surface area contributed by atoms with E-state index in [0.717, 1.165) is 51.7 Å². The Morgan fingerprint density at radius 3 is 2.26 bits per heavy atom. The van der Waals surface area contributed by atoms with Crippen molar-refractivity contribution >= 4 is 44.2 Å². The number of carbonyl (C=O) groups excluding carboxylic acids is 1. The van der Waals surface area contributed by atoms with Crippen LogP contribution in [-0.4, -0.2) is 42.0 Å². The summed E-state index contributed by atoms with van der Waals surface area (Å²) in [6, 6.07) is 22.4. The van der Waals surface area contributed by atoms with Gasteiger partial charge in [-0.3, -0.25) is 9.69 Å². The van der Waals surface area contributed by atoms with E-state index in [1.54, 1.807) is 11.3 Å². The molecule has 4 nitrogen and oxygen atoms in total. The Hall–Kier alpha value is -2.73. The number of rotatable bonds is 9. The third-order valence-corrected chi connectivity index (χ3v) is 7.67. The van der Waals surface area contributed by atoms with E-state index in [0.29, 0.717) is 18.0 Å². The average Bonchev–Trinajstić information content (AvgIpc) is 3.30.